The molecule has 0 saturated carbocycles. The monoisotopic (exact) mass is 265 g/mol. The number of aliphatic hydroxyl groups excluding tert-OH is 1. The molecular weight excluding hydrogens is 242 g/mol. The summed E-state index contributed by atoms with van der Waals surface area (Å²) in [5.41, 5.74) is 0.937. The minimum atomic E-state index is 0.151. The van der Waals surface area contributed by atoms with Gasteiger partial charge in [-0.15, -0.1) is 0 Å². The van der Waals surface area contributed by atoms with E-state index in [-0.39, 0.29) is 12.6 Å². The van der Waals surface area contributed by atoms with Crippen LogP contribution >= 0.6 is 0 Å². The zero-order chi connectivity index (χ0) is 13.8. The van der Waals surface area contributed by atoms with Gasteiger partial charge in [0, 0.05) is 25.4 Å². The van der Waals surface area contributed by atoms with Gasteiger partial charge in [0.2, 0.25) is 0 Å². The highest BCUT2D eigenvalue weighted by atomic mass is 16.5. The van der Waals surface area contributed by atoms with E-state index in [1.165, 1.54) is 0 Å². The van der Waals surface area contributed by atoms with Crippen LogP contribution in [0.3, 0.4) is 0 Å². The number of aliphatic hydroxyl groups is 1. The van der Waals surface area contributed by atoms with Crippen LogP contribution in [0.15, 0.2) is 6.07 Å². The number of rotatable bonds is 4. The molecule has 0 amide bonds. The third kappa shape index (κ3) is 3.22. The minimum Gasteiger partial charge on any atom is -0.394 e. The van der Waals surface area contributed by atoms with Gasteiger partial charge in [-0.2, -0.15) is 0 Å². The highest BCUT2D eigenvalue weighted by Crippen LogP contribution is 2.27. The molecular formula is C14H23N3O2. The highest BCUT2D eigenvalue weighted by Gasteiger charge is 2.29. The second-order valence-corrected chi connectivity index (χ2v) is 5.28. The maximum Gasteiger partial charge on any atom is 0.156 e. The molecule has 19 heavy (non-hydrogen) atoms. The molecule has 1 N–H and O–H groups in total. The van der Waals surface area contributed by atoms with Crippen molar-refractivity contribution in [1.82, 2.24) is 9.97 Å². The predicted molar refractivity (Wildman–Crippen MR) is 74.1 cm³/mol. The molecule has 1 aromatic rings. The van der Waals surface area contributed by atoms with Gasteiger partial charge in [-0.1, -0.05) is 6.92 Å². The number of piperidine rings is 1. The summed E-state index contributed by atoms with van der Waals surface area (Å²) in [5.74, 6) is 2.09. The van der Waals surface area contributed by atoms with E-state index in [1.807, 2.05) is 13.0 Å². The van der Waals surface area contributed by atoms with Gasteiger partial charge in [0.25, 0.3) is 0 Å². The molecule has 2 atom stereocenters. The Kier molecular flexibility index (Phi) is 4.71. The van der Waals surface area contributed by atoms with E-state index in [2.05, 4.69) is 21.8 Å². The van der Waals surface area contributed by atoms with Gasteiger partial charge >= 0.3 is 0 Å². The second-order valence-electron chi connectivity index (χ2n) is 5.28. The number of hydrogen-bond acceptors (Lipinski definition) is 5. The van der Waals surface area contributed by atoms with Gasteiger partial charge in [0.15, 0.2) is 5.82 Å². The molecule has 1 aromatic heterocycles. The SMILES string of the molecule is COCc1nc(C)cc(N2CCC[C@@H](C)[C@H]2CO)n1. The van der Waals surface area contributed by atoms with E-state index in [9.17, 15) is 5.11 Å². The summed E-state index contributed by atoms with van der Waals surface area (Å²) < 4.78 is 5.11. The average Bonchev–Trinajstić information content (AvgIpc) is 2.38. The average molecular weight is 265 g/mol. The van der Waals surface area contributed by atoms with Crippen LogP contribution in [0.2, 0.25) is 0 Å². The fourth-order valence-corrected chi connectivity index (χ4v) is 2.76. The Balaban J connectivity index is 2.28. The molecule has 1 aliphatic heterocycles. The Morgan fingerprint density at radius 2 is 2.26 bits per heavy atom. The Bertz CT molecular complexity index is 425. The molecule has 0 aromatic carbocycles. The van der Waals surface area contributed by atoms with Crippen LogP contribution < -0.4 is 4.90 Å². The first-order chi connectivity index (χ1) is 9.15. The van der Waals surface area contributed by atoms with Crippen molar-refractivity contribution < 1.29 is 9.84 Å². The molecule has 0 aliphatic carbocycles. The van der Waals surface area contributed by atoms with E-state index in [0.29, 0.717) is 18.3 Å². The van der Waals surface area contributed by atoms with Crippen molar-refractivity contribution in [3.8, 4) is 0 Å². The van der Waals surface area contributed by atoms with Gasteiger partial charge in [0.05, 0.1) is 12.6 Å². The molecule has 0 bridgehead atoms. The number of anilines is 1. The molecule has 1 fully saturated rings. The zero-order valence-corrected chi connectivity index (χ0v) is 12.0. The molecule has 106 valence electrons. The van der Waals surface area contributed by atoms with Crippen LogP contribution in [0.25, 0.3) is 0 Å². The van der Waals surface area contributed by atoms with Crippen LogP contribution in [0.4, 0.5) is 5.82 Å². The Hall–Kier alpha value is -1.20. The predicted octanol–water partition coefficient (Wildman–Crippen LogP) is 1.53. The van der Waals surface area contributed by atoms with Crippen LogP contribution in [-0.4, -0.2) is 41.4 Å². The summed E-state index contributed by atoms with van der Waals surface area (Å²) in [6.07, 6.45) is 2.30. The molecule has 5 nitrogen and oxygen atoms in total. The van der Waals surface area contributed by atoms with Crippen LogP contribution in [-0.2, 0) is 11.3 Å². The number of nitrogens with zero attached hydrogens (tertiary/aromatic N) is 3. The first-order valence-corrected chi connectivity index (χ1v) is 6.86. The van der Waals surface area contributed by atoms with Crippen molar-refractivity contribution in [2.24, 2.45) is 5.92 Å². The van der Waals surface area contributed by atoms with Gasteiger partial charge in [-0.25, -0.2) is 9.97 Å². The third-order valence-electron chi connectivity index (χ3n) is 3.76. The van der Waals surface area contributed by atoms with Crippen molar-refractivity contribution >= 4 is 5.82 Å². The van der Waals surface area contributed by atoms with Crippen molar-refractivity contribution in [3.63, 3.8) is 0 Å². The van der Waals surface area contributed by atoms with Gasteiger partial charge < -0.3 is 14.7 Å². The summed E-state index contributed by atoms with van der Waals surface area (Å²) in [7, 11) is 1.64. The molecule has 0 unspecified atom stereocenters. The number of ether oxygens (including phenoxy) is 1. The highest BCUT2D eigenvalue weighted by molar-refractivity contribution is 5.42. The van der Waals surface area contributed by atoms with Crippen LogP contribution in [0, 0.1) is 12.8 Å². The lowest BCUT2D eigenvalue weighted by atomic mass is 9.91. The third-order valence-corrected chi connectivity index (χ3v) is 3.76. The van der Waals surface area contributed by atoms with Crippen molar-refractivity contribution in [2.45, 2.75) is 39.3 Å². The zero-order valence-electron chi connectivity index (χ0n) is 12.0. The lowest BCUT2D eigenvalue weighted by Gasteiger charge is -2.40. The lowest BCUT2D eigenvalue weighted by Crippen LogP contribution is -2.47. The van der Waals surface area contributed by atoms with E-state index in [0.717, 1.165) is 30.9 Å². The standard InChI is InChI=1S/C14H23N3O2/c1-10-5-4-6-17(12(10)8-18)14-7-11(2)15-13(16-14)9-19-3/h7,10,12,18H,4-6,8-9H2,1-3H3/t10-,12-/m1/s1. The minimum absolute atomic E-state index is 0.151. The van der Waals surface area contributed by atoms with E-state index < -0.39 is 0 Å². The fraction of sp³-hybridized carbons (Fsp3) is 0.714. The molecule has 1 saturated heterocycles. The first-order valence-electron chi connectivity index (χ1n) is 6.86. The quantitative estimate of drug-likeness (QED) is 0.894. The Morgan fingerprint density at radius 3 is 2.95 bits per heavy atom. The Morgan fingerprint density at radius 1 is 1.47 bits per heavy atom. The first kappa shape index (κ1) is 14.2. The Labute approximate surface area is 114 Å². The van der Waals surface area contributed by atoms with Crippen molar-refractivity contribution in [3.05, 3.63) is 17.6 Å². The molecule has 5 heteroatoms. The summed E-state index contributed by atoms with van der Waals surface area (Å²) in [4.78, 5) is 11.1. The van der Waals surface area contributed by atoms with Gasteiger partial charge in [-0.3, -0.25) is 0 Å². The van der Waals surface area contributed by atoms with E-state index in [4.69, 9.17) is 4.74 Å². The van der Waals surface area contributed by atoms with Crippen molar-refractivity contribution in [1.29, 1.82) is 0 Å². The van der Waals surface area contributed by atoms with Gasteiger partial charge in [-0.05, 0) is 25.7 Å². The summed E-state index contributed by atoms with van der Waals surface area (Å²) in [6, 6.07) is 2.14. The van der Waals surface area contributed by atoms with Gasteiger partial charge in [0.1, 0.15) is 12.4 Å². The van der Waals surface area contributed by atoms with E-state index >= 15 is 0 Å². The van der Waals surface area contributed by atoms with E-state index in [1.54, 1.807) is 7.11 Å². The lowest BCUT2D eigenvalue weighted by molar-refractivity contribution is 0.177. The summed E-state index contributed by atoms with van der Waals surface area (Å²) in [5, 5.41) is 9.63. The topological polar surface area (TPSA) is 58.5 Å². The normalized spacial score (nSPS) is 23.7. The van der Waals surface area contributed by atoms with Crippen LogP contribution in [0.1, 0.15) is 31.3 Å². The summed E-state index contributed by atoms with van der Waals surface area (Å²) in [6.45, 7) is 5.69. The molecule has 0 spiro atoms. The largest absolute Gasteiger partial charge is 0.394 e. The number of methoxy groups -OCH3 is 1. The molecule has 2 heterocycles. The second kappa shape index (κ2) is 6.30. The number of aryl methyl sites for hydroxylation is 1. The van der Waals surface area contributed by atoms with Crippen molar-refractivity contribution in [2.75, 3.05) is 25.2 Å². The molecule has 2 rings (SSSR count). The smallest absolute Gasteiger partial charge is 0.156 e. The molecule has 1 aliphatic rings. The summed E-state index contributed by atoms with van der Waals surface area (Å²) >= 11 is 0. The number of hydrogen-bond donors (Lipinski definition) is 1. The maximum atomic E-state index is 9.63. The maximum absolute atomic E-state index is 9.63. The van der Waals surface area contributed by atoms with Crippen LogP contribution in [0.5, 0.6) is 0 Å². The fourth-order valence-electron chi connectivity index (χ4n) is 2.76. The molecule has 0 radical (unpaired) electrons. The number of aromatic nitrogens is 2.